The molecule has 1 amide bonds. The van der Waals surface area contributed by atoms with Crippen molar-refractivity contribution in [2.24, 2.45) is 5.73 Å². The van der Waals surface area contributed by atoms with Crippen molar-refractivity contribution in [3.8, 4) is 5.75 Å². The largest absolute Gasteiger partial charge is 0.507 e. The molecule has 0 saturated heterocycles. The third-order valence-electron chi connectivity index (χ3n) is 1.41. The molecule has 0 aromatic heterocycles. The molecule has 68 valence electrons. The maximum absolute atomic E-state index is 10.4. The lowest BCUT2D eigenvalue weighted by molar-refractivity contribution is -0.113. The van der Waals surface area contributed by atoms with Crippen LogP contribution in [0.3, 0.4) is 0 Å². The Labute approximate surface area is 84.0 Å². The Hall–Kier alpha value is -1.29. The fraction of sp³-hybridized carbons (Fsp3) is 0. The van der Waals surface area contributed by atoms with Crippen LogP contribution in [0.25, 0.3) is 6.08 Å². The molecule has 1 aromatic carbocycles. The Bertz CT molecular complexity index is 361. The number of rotatable bonds is 2. The molecule has 13 heavy (non-hydrogen) atoms. The summed E-state index contributed by atoms with van der Waals surface area (Å²) in [5.41, 5.74) is 5.72. The van der Waals surface area contributed by atoms with Crippen LogP contribution in [-0.4, -0.2) is 11.0 Å². The van der Waals surface area contributed by atoms with Crippen molar-refractivity contribution in [2.45, 2.75) is 0 Å². The zero-order chi connectivity index (χ0) is 9.84. The van der Waals surface area contributed by atoms with Gasteiger partial charge in [-0.25, -0.2) is 0 Å². The van der Waals surface area contributed by atoms with Gasteiger partial charge in [0, 0.05) is 6.08 Å². The number of primary amides is 1. The van der Waals surface area contributed by atoms with Crippen molar-refractivity contribution in [2.75, 3.05) is 0 Å². The van der Waals surface area contributed by atoms with Gasteiger partial charge < -0.3 is 10.8 Å². The second-order valence-corrected chi connectivity index (χ2v) is 3.30. The molecule has 0 heterocycles. The molecule has 4 heteroatoms. The Kier molecular flexibility index (Phi) is 3.08. The number of hydrogen-bond acceptors (Lipinski definition) is 2. The molecule has 0 unspecified atom stereocenters. The van der Waals surface area contributed by atoms with Crippen molar-refractivity contribution in [1.29, 1.82) is 0 Å². The molecule has 0 saturated carbocycles. The van der Waals surface area contributed by atoms with Gasteiger partial charge in [-0.3, -0.25) is 4.79 Å². The van der Waals surface area contributed by atoms with Gasteiger partial charge in [0.1, 0.15) is 5.75 Å². The summed E-state index contributed by atoms with van der Waals surface area (Å²) < 4.78 is 0.583. The highest BCUT2D eigenvalue weighted by Crippen LogP contribution is 2.24. The molecule has 0 aliphatic rings. The minimum atomic E-state index is -0.496. The SMILES string of the molecule is NC(=O)/C=C\c1ccc(O)c(Br)c1. The van der Waals surface area contributed by atoms with Gasteiger partial charge in [0.15, 0.2) is 0 Å². The first-order chi connectivity index (χ1) is 6.09. The average molecular weight is 242 g/mol. The Balaban J connectivity index is 2.92. The maximum atomic E-state index is 10.4. The molecule has 0 bridgehead atoms. The molecule has 0 radical (unpaired) electrons. The van der Waals surface area contributed by atoms with E-state index in [0.717, 1.165) is 5.56 Å². The molecule has 0 spiro atoms. The highest BCUT2D eigenvalue weighted by molar-refractivity contribution is 9.10. The lowest BCUT2D eigenvalue weighted by atomic mass is 10.2. The van der Waals surface area contributed by atoms with Crippen LogP contribution in [0.15, 0.2) is 28.7 Å². The van der Waals surface area contributed by atoms with Crippen LogP contribution in [0, 0.1) is 0 Å². The number of aromatic hydroxyl groups is 1. The van der Waals surface area contributed by atoms with E-state index in [1.807, 2.05) is 0 Å². The van der Waals surface area contributed by atoms with Gasteiger partial charge in [0.05, 0.1) is 4.47 Å². The normalized spacial score (nSPS) is 10.5. The summed E-state index contributed by atoms with van der Waals surface area (Å²) in [6.07, 6.45) is 2.84. The maximum Gasteiger partial charge on any atom is 0.241 e. The van der Waals surface area contributed by atoms with Crippen LogP contribution in [0.2, 0.25) is 0 Å². The first kappa shape index (κ1) is 9.80. The van der Waals surface area contributed by atoms with Crippen molar-refractivity contribution in [3.63, 3.8) is 0 Å². The molecule has 0 fully saturated rings. The molecule has 0 aliphatic carbocycles. The van der Waals surface area contributed by atoms with Crippen LogP contribution < -0.4 is 5.73 Å². The number of benzene rings is 1. The summed E-state index contributed by atoms with van der Waals surface area (Å²) in [4.78, 5) is 10.4. The molecule has 0 aliphatic heterocycles. The van der Waals surface area contributed by atoms with Crippen LogP contribution >= 0.6 is 15.9 Å². The standard InChI is InChI=1S/C9H8BrNO2/c10-7-5-6(1-3-8(7)12)2-4-9(11)13/h1-5,12H,(H2,11,13)/b4-2-. The van der Waals surface area contributed by atoms with Crippen molar-refractivity contribution < 1.29 is 9.90 Å². The quantitative estimate of drug-likeness (QED) is 0.774. The number of carbonyl (C=O) groups is 1. The highest BCUT2D eigenvalue weighted by Gasteiger charge is 1.96. The average Bonchev–Trinajstić information content (AvgIpc) is 2.07. The van der Waals surface area contributed by atoms with E-state index in [1.54, 1.807) is 18.2 Å². The van der Waals surface area contributed by atoms with Crippen LogP contribution in [0.1, 0.15) is 5.56 Å². The first-order valence-corrected chi connectivity index (χ1v) is 4.35. The van der Waals surface area contributed by atoms with E-state index in [2.05, 4.69) is 15.9 Å². The van der Waals surface area contributed by atoms with Crippen LogP contribution in [0.4, 0.5) is 0 Å². The van der Waals surface area contributed by atoms with E-state index >= 15 is 0 Å². The zero-order valence-electron chi connectivity index (χ0n) is 6.70. The minimum Gasteiger partial charge on any atom is -0.507 e. The van der Waals surface area contributed by atoms with E-state index in [1.165, 1.54) is 12.1 Å². The molecule has 0 atom stereocenters. The van der Waals surface area contributed by atoms with Crippen LogP contribution in [-0.2, 0) is 4.79 Å². The van der Waals surface area contributed by atoms with Crippen molar-refractivity contribution >= 4 is 27.9 Å². The lowest BCUT2D eigenvalue weighted by Gasteiger charge is -1.97. The number of phenolic OH excluding ortho intramolecular Hbond substituents is 1. The molecule has 1 rings (SSSR count). The fourth-order valence-corrected chi connectivity index (χ4v) is 1.20. The summed E-state index contributed by atoms with van der Waals surface area (Å²) in [5, 5.41) is 9.16. The number of carbonyl (C=O) groups excluding carboxylic acids is 1. The molecule has 3 N–H and O–H groups in total. The predicted octanol–water partition coefficient (Wildman–Crippen LogP) is 1.65. The summed E-state index contributed by atoms with van der Waals surface area (Å²) >= 11 is 3.15. The number of nitrogens with two attached hydrogens (primary N) is 1. The van der Waals surface area contributed by atoms with Gasteiger partial charge in [-0.1, -0.05) is 6.07 Å². The smallest absolute Gasteiger partial charge is 0.241 e. The van der Waals surface area contributed by atoms with Crippen molar-refractivity contribution in [3.05, 3.63) is 34.3 Å². The van der Waals surface area contributed by atoms with E-state index in [4.69, 9.17) is 10.8 Å². The lowest BCUT2D eigenvalue weighted by Crippen LogP contribution is -2.04. The second-order valence-electron chi connectivity index (χ2n) is 2.45. The van der Waals surface area contributed by atoms with E-state index in [9.17, 15) is 4.79 Å². The number of amides is 1. The predicted molar refractivity (Wildman–Crippen MR) is 54.0 cm³/mol. The van der Waals surface area contributed by atoms with Gasteiger partial charge in [-0.15, -0.1) is 0 Å². The third-order valence-corrected chi connectivity index (χ3v) is 2.05. The minimum absolute atomic E-state index is 0.163. The van der Waals surface area contributed by atoms with E-state index in [0.29, 0.717) is 4.47 Å². The van der Waals surface area contributed by atoms with Gasteiger partial charge in [-0.2, -0.15) is 0 Å². The van der Waals surface area contributed by atoms with E-state index < -0.39 is 5.91 Å². The van der Waals surface area contributed by atoms with Gasteiger partial charge in [-0.05, 0) is 39.7 Å². The van der Waals surface area contributed by atoms with E-state index in [-0.39, 0.29) is 5.75 Å². The highest BCUT2D eigenvalue weighted by atomic mass is 79.9. The van der Waals surface area contributed by atoms with Gasteiger partial charge >= 0.3 is 0 Å². The number of hydrogen-bond donors (Lipinski definition) is 2. The summed E-state index contributed by atoms with van der Waals surface area (Å²) in [5.74, 6) is -0.333. The molecular weight excluding hydrogens is 234 g/mol. The van der Waals surface area contributed by atoms with Crippen LogP contribution in [0.5, 0.6) is 5.75 Å². The Morgan fingerprint density at radius 2 is 2.23 bits per heavy atom. The summed E-state index contributed by atoms with van der Waals surface area (Å²) in [6.45, 7) is 0. The Morgan fingerprint density at radius 1 is 1.54 bits per heavy atom. The summed E-state index contributed by atoms with van der Waals surface area (Å²) in [6, 6.07) is 4.90. The molecule has 3 nitrogen and oxygen atoms in total. The molecule has 1 aromatic rings. The number of halogens is 1. The topological polar surface area (TPSA) is 63.3 Å². The number of phenols is 1. The van der Waals surface area contributed by atoms with Gasteiger partial charge in [0.2, 0.25) is 5.91 Å². The van der Waals surface area contributed by atoms with Crippen molar-refractivity contribution in [1.82, 2.24) is 0 Å². The second kappa shape index (κ2) is 4.09. The van der Waals surface area contributed by atoms with Gasteiger partial charge in [0.25, 0.3) is 0 Å². The zero-order valence-corrected chi connectivity index (χ0v) is 8.28. The summed E-state index contributed by atoms with van der Waals surface area (Å²) in [7, 11) is 0. The Morgan fingerprint density at radius 3 is 2.77 bits per heavy atom. The molecular formula is C9H8BrNO2. The fourth-order valence-electron chi connectivity index (χ4n) is 0.805. The first-order valence-electron chi connectivity index (χ1n) is 3.55. The third kappa shape index (κ3) is 2.91. The monoisotopic (exact) mass is 241 g/mol.